The summed E-state index contributed by atoms with van der Waals surface area (Å²) in [6.07, 6.45) is 2.68. The quantitative estimate of drug-likeness (QED) is 0.553. The molecule has 0 radical (unpaired) electrons. The normalized spacial score (nSPS) is 24.0. The van der Waals surface area contributed by atoms with Crippen molar-refractivity contribution in [1.82, 2.24) is 9.80 Å². The maximum atomic E-state index is 13.6. The fraction of sp³-hybridized carbons (Fsp3) is 0.609. The molecule has 3 amide bonds. The highest BCUT2D eigenvalue weighted by atomic mass is 16.5. The van der Waals surface area contributed by atoms with Crippen LogP contribution in [0.3, 0.4) is 0 Å². The molecule has 0 spiro atoms. The molecule has 8 nitrogen and oxygen atoms in total. The summed E-state index contributed by atoms with van der Waals surface area (Å²) in [5.74, 6) is -0.305. The van der Waals surface area contributed by atoms with Crippen LogP contribution in [0, 0.1) is 0 Å². The van der Waals surface area contributed by atoms with Crippen molar-refractivity contribution in [2.75, 3.05) is 47.6 Å². The van der Waals surface area contributed by atoms with Gasteiger partial charge in [-0.1, -0.05) is 18.2 Å². The van der Waals surface area contributed by atoms with Gasteiger partial charge in [0.15, 0.2) is 0 Å². The first-order valence-corrected chi connectivity index (χ1v) is 10.7. The molecule has 3 rings (SSSR count). The van der Waals surface area contributed by atoms with E-state index in [2.05, 4.69) is 0 Å². The predicted octanol–water partition coefficient (Wildman–Crippen LogP) is 1.76. The van der Waals surface area contributed by atoms with Crippen LogP contribution >= 0.6 is 0 Å². The zero-order valence-corrected chi connectivity index (χ0v) is 18.6. The van der Waals surface area contributed by atoms with Gasteiger partial charge in [-0.05, 0) is 25.3 Å². The second kappa shape index (κ2) is 10.2. The smallest absolute Gasteiger partial charge is 0.241 e. The predicted molar refractivity (Wildman–Crippen MR) is 114 cm³/mol. The maximum absolute atomic E-state index is 13.6. The lowest BCUT2D eigenvalue weighted by molar-refractivity contribution is -0.144. The molecule has 1 aromatic rings. The Labute approximate surface area is 183 Å². The Balaban J connectivity index is 1.98. The van der Waals surface area contributed by atoms with E-state index in [1.54, 1.807) is 31.4 Å². The third-order valence-corrected chi connectivity index (χ3v) is 6.31. The third kappa shape index (κ3) is 4.60. The number of ether oxygens (including phenoxy) is 3. The Morgan fingerprint density at radius 1 is 1.13 bits per heavy atom. The number of carbonyl (C=O) groups is 3. The molecule has 170 valence electrons. The van der Waals surface area contributed by atoms with Crippen molar-refractivity contribution in [1.29, 1.82) is 0 Å². The number of para-hydroxylation sites is 1. The Morgan fingerprint density at radius 2 is 1.90 bits per heavy atom. The molecule has 2 aliphatic rings. The minimum Gasteiger partial charge on any atom is -0.496 e. The van der Waals surface area contributed by atoms with Gasteiger partial charge in [0.2, 0.25) is 17.7 Å². The molecule has 2 saturated heterocycles. The van der Waals surface area contributed by atoms with Gasteiger partial charge in [-0.3, -0.25) is 19.3 Å². The molecular formula is C23H32N2O6. The van der Waals surface area contributed by atoms with Crippen LogP contribution in [0.5, 0.6) is 5.75 Å². The summed E-state index contributed by atoms with van der Waals surface area (Å²) in [5, 5.41) is 0. The number of imide groups is 1. The van der Waals surface area contributed by atoms with Crippen LogP contribution in [0.15, 0.2) is 24.3 Å². The number of benzene rings is 1. The fourth-order valence-corrected chi connectivity index (χ4v) is 4.75. The number of hydrogen-bond donors (Lipinski definition) is 0. The molecule has 8 heteroatoms. The van der Waals surface area contributed by atoms with Crippen molar-refractivity contribution in [3.8, 4) is 5.75 Å². The van der Waals surface area contributed by atoms with Gasteiger partial charge in [0, 0.05) is 39.2 Å². The second-order valence-corrected chi connectivity index (χ2v) is 8.17. The van der Waals surface area contributed by atoms with Gasteiger partial charge in [-0.15, -0.1) is 0 Å². The van der Waals surface area contributed by atoms with Crippen LogP contribution < -0.4 is 4.74 Å². The number of amides is 3. The van der Waals surface area contributed by atoms with Crippen LogP contribution in [-0.4, -0.2) is 81.2 Å². The van der Waals surface area contributed by atoms with Crippen LogP contribution in [-0.2, 0) is 29.3 Å². The zero-order valence-electron chi connectivity index (χ0n) is 18.6. The van der Waals surface area contributed by atoms with E-state index < -0.39 is 5.41 Å². The van der Waals surface area contributed by atoms with Crippen LogP contribution in [0.2, 0.25) is 0 Å². The van der Waals surface area contributed by atoms with Crippen molar-refractivity contribution in [3.63, 3.8) is 0 Å². The van der Waals surface area contributed by atoms with Gasteiger partial charge in [0.05, 0.1) is 38.3 Å². The number of piperidine rings is 1. The number of rotatable bonds is 9. The molecule has 2 atom stereocenters. The van der Waals surface area contributed by atoms with Gasteiger partial charge in [-0.2, -0.15) is 0 Å². The average Bonchev–Trinajstić information content (AvgIpc) is 3.02. The molecule has 0 unspecified atom stereocenters. The van der Waals surface area contributed by atoms with E-state index in [1.807, 2.05) is 4.90 Å². The van der Waals surface area contributed by atoms with Crippen molar-refractivity contribution in [2.45, 2.75) is 43.6 Å². The van der Waals surface area contributed by atoms with E-state index in [4.69, 9.17) is 14.2 Å². The molecule has 2 fully saturated rings. The summed E-state index contributed by atoms with van der Waals surface area (Å²) in [6, 6.07) is 7.12. The minimum atomic E-state index is -1.29. The number of carbonyl (C=O) groups excluding carboxylic acids is 3. The molecule has 0 N–H and O–H groups in total. The highest BCUT2D eigenvalue weighted by Crippen LogP contribution is 2.44. The lowest BCUT2D eigenvalue weighted by atomic mass is 9.75. The number of hydrogen-bond acceptors (Lipinski definition) is 6. The largest absolute Gasteiger partial charge is 0.496 e. The van der Waals surface area contributed by atoms with Gasteiger partial charge in [0.25, 0.3) is 0 Å². The number of nitrogens with zero attached hydrogens (tertiary/aromatic N) is 2. The lowest BCUT2D eigenvalue weighted by Gasteiger charge is -2.38. The SMILES string of the molecule is COCCN1C(=O)C[C@@](CC(=O)N2CCCC[C@@H]2COC)(c2ccccc2OC)C1=O. The van der Waals surface area contributed by atoms with E-state index >= 15 is 0 Å². The molecule has 0 aliphatic carbocycles. The Hall–Kier alpha value is -2.45. The summed E-state index contributed by atoms with van der Waals surface area (Å²) in [4.78, 5) is 43.1. The van der Waals surface area contributed by atoms with Crippen molar-refractivity contribution in [3.05, 3.63) is 29.8 Å². The van der Waals surface area contributed by atoms with E-state index in [1.165, 1.54) is 19.1 Å². The first kappa shape index (κ1) is 23.2. The second-order valence-electron chi connectivity index (χ2n) is 8.17. The Kier molecular flexibility index (Phi) is 7.67. The fourth-order valence-electron chi connectivity index (χ4n) is 4.75. The van der Waals surface area contributed by atoms with E-state index in [-0.39, 0.29) is 49.8 Å². The third-order valence-electron chi connectivity index (χ3n) is 6.31. The lowest BCUT2D eigenvalue weighted by Crippen LogP contribution is -2.49. The summed E-state index contributed by atoms with van der Waals surface area (Å²) < 4.78 is 15.9. The number of likely N-dealkylation sites (tertiary alicyclic amines) is 2. The van der Waals surface area contributed by atoms with Crippen molar-refractivity contribution in [2.24, 2.45) is 0 Å². The molecule has 0 aromatic heterocycles. The topological polar surface area (TPSA) is 85.4 Å². The standard InChI is InChI=1S/C23H32N2O6/c1-29-13-12-25-21(27)15-23(22(25)28,18-9-4-5-10-19(18)31-3)14-20(26)24-11-7-6-8-17(24)16-30-2/h4-5,9-10,17H,6-8,11-16H2,1-3H3/t17-,23+/m1/s1. The monoisotopic (exact) mass is 432 g/mol. The highest BCUT2D eigenvalue weighted by molar-refractivity contribution is 6.11. The van der Waals surface area contributed by atoms with Crippen molar-refractivity contribution < 1.29 is 28.6 Å². The molecule has 31 heavy (non-hydrogen) atoms. The zero-order chi connectivity index (χ0) is 22.4. The van der Waals surface area contributed by atoms with Gasteiger partial charge in [0.1, 0.15) is 5.75 Å². The average molecular weight is 433 g/mol. The van der Waals surface area contributed by atoms with Crippen LogP contribution in [0.1, 0.15) is 37.7 Å². The van der Waals surface area contributed by atoms with Crippen molar-refractivity contribution >= 4 is 17.7 Å². The van der Waals surface area contributed by atoms with Gasteiger partial charge >= 0.3 is 0 Å². The van der Waals surface area contributed by atoms with E-state index in [0.717, 1.165) is 19.3 Å². The molecular weight excluding hydrogens is 400 g/mol. The van der Waals surface area contributed by atoms with Gasteiger partial charge in [-0.25, -0.2) is 0 Å². The Morgan fingerprint density at radius 3 is 2.61 bits per heavy atom. The highest BCUT2D eigenvalue weighted by Gasteiger charge is 2.55. The summed E-state index contributed by atoms with van der Waals surface area (Å²) >= 11 is 0. The van der Waals surface area contributed by atoms with Gasteiger partial charge < -0.3 is 19.1 Å². The molecule has 0 saturated carbocycles. The van der Waals surface area contributed by atoms with Crippen LogP contribution in [0.25, 0.3) is 0 Å². The minimum absolute atomic E-state index is 0.0160. The van der Waals surface area contributed by atoms with E-state index in [0.29, 0.717) is 24.5 Å². The first-order valence-electron chi connectivity index (χ1n) is 10.7. The Bertz CT molecular complexity index is 811. The summed E-state index contributed by atoms with van der Waals surface area (Å²) in [6.45, 7) is 1.50. The summed E-state index contributed by atoms with van der Waals surface area (Å²) in [7, 11) is 4.67. The van der Waals surface area contributed by atoms with Crippen LogP contribution in [0.4, 0.5) is 0 Å². The first-order chi connectivity index (χ1) is 15.0. The van der Waals surface area contributed by atoms with E-state index in [9.17, 15) is 14.4 Å². The maximum Gasteiger partial charge on any atom is 0.241 e. The summed E-state index contributed by atoms with van der Waals surface area (Å²) in [5.41, 5.74) is -0.715. The molecule has 0 bridgehead atoms. The number of methoxy groups -OCH3 is 3. The molecule has 1 aromatic carbocycles. The molecule has 2 aliphatic heterocycles. The molecule has 2 heterocycles.